The third kappa shape index (κ3) is 1.42. The molecule has 0 aliphatic carbocycles. The fourth-order valence-electron chi connectivity index (χ4n) is 0.699. The Balaban J connectivity index is 2.85. The highest BCUT2D eigenvalue weighted by atomic mass is 16.1. The van der Waals surface area contributed by atoms with Crippen LogP contribution in [0.5, 0.6) is 0 Å². The zero-order valence-corrected chi connectivity index (χ0v) is 5.45. The van der Waals surface area contributed by atoms with Crippen molar-refractivity contribution in [2.75, 3.05) is 0 Å². The van der Waals surface area contributed by atoms with E-state index in [1.165, 1.54) is 0 Å². The van der Waals surface area contributed by atoms with Gasteiger partial charge in [-0.2, -0.15) is 0 Å². The van der Waals surface area contributed by atoms with E-state index in [4.69, 9.17) is 5.73 Å². The first-order valence-electron chi connectivity index (χ1n) is 2.99. The Morgan fingerprint density at radius 2 is 1.90 bits per heavy atom. The Bertz CT molecular complexity index is 218. The van der Waals surface area contributed by atoms with E-state index >= 15 is 0 Å². The summed E-state index contributed by atoms with van der Waals surface area (Å²) in [6, 6.07) is 8.91. The van der Waals surface area contributed by atoms with Crippen molar-refractivity contribution in [1.29, 1.82) is 0 Å². The highest BCUT2D eigenvalue weighted by Gasteiger charge is 1.99. The first-order chi connectivity index (χ1) is 4.84. The van der Waals surface area contributed by atoms with E-state index < -0.39 is 0 Å². The Kier molecular flexibility index (Phi) is 2.18. The second kappa shape index (κ2) is 3.13. The average Bonchev–Trinajstić information content (AvgIpc) is 2.05. The van der Waals surface area contributed by atoms with E-state index in [0.29, 0.717) is 5.56 Å². The lowest BCUT2D eigenvalue weighted by Crippen LogP contribution is -2.05. The molecule has 0 spiro atoms. The maximum absolute atomic E-state index is 10.8. The summed E-state index contributed by atoms with van der Waals surface area (Å²) in [7, 11) is 0. The van der Waals surface area contributed by atoms with Crippen LogP contribution in [0.3, 0.4) is 0 Å². The summed E-state index contributed by atoms with van der Waals surface area (Å²) in [5, 5.41) is 0. The van der Waals surface area contributed by atoms with Gasteiger partial charge in [0.2, 0.25) is 0 Å². The van der Waals surface area contributed by atoms with Gasteiger partial charge in [0.05, 0.1) is 6.54 Å². The van der Waals surface area contributed by atoms with Gasteiger partial charge in [-0.05, 0) is 0 Å². The molecule has 1 radical (unpaired) electrons. The molecule has 2 nitrogen and oxygen atoms in total. The topological polar surface area (TPSA) is 43.1 Å². The minimum absolute atomic E-state index is 0.138. The van der Waals surface area contributed by atoms with Gasteiger partial charge >= 0.3 is 0 Å². The number of carbonyl (C=O) groups excluding carboxylic acids is 1. The van der Waals surface area contributed by atoms with Crippen LogP contribution >= 0.6 is 0 Å². The first-order valence-corrected chi connectivity index (χ1v) is 2.99. The van der Waals surface area contributed by atoms with E-state index in [0.717, 1.165) is 6.54 Å². The second-order valence-corrected chi connectivity index (χ2v) is 1.90. The Morgan fingerprint density at radius 3 is 2.40 bits per heavy atom. The molecule has 0 atom stereocenters. The highest BCUT2D eigenvalue weighted by Crippen LogP contribution is 1.98. The molecule has 0 saturated carbocycles. The van der Waals surface area contributed by atoms with E-state index in [2.05, 4.69) is 0 Å². The van der Waals surface area contributed by atoms with Gasteiger partial charge in [0.15, 0.2) is 5.78 Å². The van der Waals surface area contributed by atoms with Crippen molar-refractivity contribution in [2.24, 2.45) is 5.73 Å². The van der Waals surface area contributed by atoms with Gasteiger partial charge in [-0.15, -0.1) is 0 Å². The Morgan fingerprint density at radius 1 is 1.30 bits per heavy atom. The summed E-state index contributed by atoms with van der Waals surface area (Å²) in [4.78, 5) is 10.8. The van der Waals surface area contributed by atoms with Crippen LogP contribution in [0.1, 0.15) is 10.4 Å². The van der Waals surface area contributed by atoms with Gasteiger partial charge in [0, 0.05) is 5.56 Å². The maximum Gasteiger partial charge on any atom is 0.181 e. The molecule has 2 heteroatoms. The van der Waals surface area contributed by atoms with Gasteiger partial charge in [-0.3, -0.25) is 4.79 Å². The lowest BCUT2D eigenvalue weighted by atomic mass is 10.1. The first kappa shape index (κ1) is 6.96. The molecule has 0 aliphatic heterocycles. The molecule has 10 heavy (non-hydrogen) atoms. The lowest BCUT2D eigenvalue weighted by Gasteiger charge is -1.93. The van der Waals surface area contributed by atoms with Crippen LogP contribution in [0.25, 0.3) is 0 Å². The van der Waals surface area contributed by atoms with Gasteiger partial charge in [0.25, 0.3) is 0 Å². The molecule has 0 saturated heterocycles. The van der Waals surface area contributed by atoms with E-state index in [1.54, 1.807) is 24.3 Å². The average molecular weight is 134 g/mol. The maximum atomic E-state index is 10.8. The van der Waals surface area contributed by atoms with Crippen LogP contribution in [0.2, 0.25) is 0 Å². The second-order valence-electron chi connectivity index (χ2n) is 1.90. The number of rotatable bonds is 2. The molecule has 0 heterocycles. The van der Waals surface area contributed by atoms with Crippen molar-refractivity contribution in [3.63, 3.8) is 0 Å². The molecule has 0 aromatic heterocycles. The normalized spacial score (nSPS) is 9.30. The highest BCUT2D eigenvalue weighted by molar-refractivity contribution is 6.01. The Hall–Kier alpha value is -1.15. The van der Waals surface area contributed by atoms with Crippen LogP contribution in [0.4, 0.5) is 0 Å². The smallest absolute Gasteiger partial charge is 0.181 e. The molecule has 1 aromatic carbocycles. The zero-order chi connectivity index (χ0) is 7.40. The van der Waals surface area contributed by atoms with Gasteiger partial charge in [-0.1, -0.05) is 30.3 Å². The van der Waals surface area contributed by atoms with Crippen molar-refractivity contribution in [1.82, 2.24) is 0 Å². The molecule has 0 fully saturated rings. The largest absolute Gasteiger partial charge is 0.320 e. The molecule has 0 unspecified atom stereocenters. The van der Waals surface area contributed by atoms with Crippen LogP contribution in [0.15, 0.2) is 30.3 Å². The summed E-state index contributed by atoms with van der Waals surface area (Å²) in [5.41, 5.74) is 5.66. The van der Waals surface area contributed by atoms with Gasteiger partial charge in [-0.25, -0.2) is 0 Å². The predicted octanol–water partition coefficient (Wildman–Crippen LogP) is 0.990. The molecule has 1 aromatic rings. The van der Waals surface area contributed by atoms with E-state index in [9.17, 15) is 4.79 Å². The number of nitrogens with two attached hydrogens (primary N) is 1. The summed E-state index contributed by atoms with van der Waals surface area (Å²) < 4.78 is 0. The summed E-state index contributed by atoms with van der Waals surface area (Å²) in [5.74, 6) is -0.138. The predicted molar refractivity (Wildman–Crippen MR) is 39.3 cm³/mol. The van der Waals surface area contributed by atoms with E-state index in [-0.39, 0.29) is 5.78 Å². The molecular weight excluding hydrogens is 126 g/mol. The molecule has 0 aliphatic rings. The third-order valence-electron chi connectivity index (χ3n) is 1.21. The number of benzene rings is 1. The molecule has 0 bridgehead atoms. The molecule has 51 valence electrons. The lowest BCUT2D eigenvalue weighted by molar-refractivity contribution is 0.102. The minimum Gasteiger partial charge on any atom is -0.320 e. The molecule has 0 amide bonds. The molecule has 2 N–H and O–H groups in total. The van der Waals surface area contributed by atoms with Crippen molar-refractivity contribution < 1.29 is 4.79 Å². The number of hydrogen-bond acceptors (Lipinski definition) is 2. The summed E-state index contributed by atoms with van der Waals surface area (Å²) in [6.07, 6.45) is 0. The monoisotopic (exact) mass is 134 g/mol. The standard InChI is InChI=1S/C8H8NO/c9-6-8(10)7-4-2-1-3-5-7/h1-6H,9H2. The fourth-order valence-corrected chi connectivity index (χ4v) is 0.699. The minimum atomic E-state index is -0.138. The van der Waals surface area contributed by atoms with E-state index in [1.807, 2.05) is 6.07 Å². The molecular formula is C8H8NO. The van der Waals surface area contributed by atoms with Crippen molar-refractivity contribution in [2.45, 2.75) is 0 Å². The van der Waals surface area contributed by atoms with Crippen molar-refractivity contribution in [3.05, 3.63) is 42.4 Å². The third-order valence-corrected chi connectivity index (χ3v) is 1.21. The Labute approximate surface area is 59.7 Å². The van der Waals surface area contributed by atoms with Crippen LogP contribution in [0, 0.1) is 6.54 Å². The number of ketones is 1. The SMILES string of the molecule is N[CH]C(=O)c1ccccc1. The number of Topliss-reactive ketones (excluding diaryl/α,β-unsaturated/α-hetero) is 1. The van der Waals surface area contributed by atoms with Crippen molar-refractivity contribution in [3.8, 4) is 0 Å². The molecule has 1 rings (SSSR count). The van der Waals surface area contributed by atoms with Crippen LogP contribution < -0.4 is 5.73 Å². The van der Waals surface area contributed by atoms with Crippen molar-refractivity contribution >= 4 is 5.78 Å². The quantitative estimate of drug-likeness (QED) is 0.613. The number of carbonyl (C=O) groups is 1. The fraction of sp³-hybridized carbons (Fsp3) is 0. The van der Waals surface area contributed by atoms with Gasteiger partial charge in [0.1, 0.15) is 0 Å². The van der Waals surface area contributed by atoms with Gasteiger partial charge < -0.3 is 5.73 Å². The van der Waals surface area contributed by atoms with Crippen LogP contribution in [-0.2, 0) is 0 Å². The zero-order valence-electron chi connectivity index (χ0n) is 5.45. The summed E-state index contributed by atoms with van der Waals surface area (Å²) >= 11 is 0. The number of hydrogen-bond donors (Lipinski definition) is 1. The summed E-state index contributed by atoms with van der Waals surface area (Å²) in [6.45, 7) is 1.06. The van der Waals surface area contributed by atoms with Crippen LogP contribution in [-0.4, -0.2) is 5.78 Å².